The van der Waals surface area contributed by atoms with Crippen molar-refractivity contribution in [2.45, 2.75) is 0 Å². The minimum Gasteiger partial charge on any atom is -0.360 e. The maximum absolute atomic E-state index is 10.8. The number of fused-ring (bicyclic) bond motifs is 1. The molecular formula is C11H6N4O2. The number of hydrogen-bond acceptors (Lipinski definition) is 4. The first kappa shape index (κ1) is 9.42. The Kier molecular flexibility index (Phi) is 1.86. The third kappa shape index (κ3) is 1.41. The summed E-state index contributed by atoms with van der Waals surface area (Å²) in [5.74, 6) is -0.227. The second-order valence-electron chi connectivity index (χ2n) is 3.52. The molecule has 6 nitrogen and oxygen atoms in total. The number of aromatic nitrogens is 3. The number of nitrogens with zero attached hydrogens (tertiary/aromatic N) is 2. The highest BCUT2D eigenvalue weighted by atomic mass is 16.5. The van der Waals surface area contributed by atoms with Crippen LogP contribution in [0.25, 0.3) is 22.3 Å². The van der Waals surface area contributed by atoms with E-state index in [-0.39, 0.29) is 0 Å². The van der Waals surface area contributed by atoms with Crippen LogP contribution in [0, 0.1) is 11.3 Å². The SMILES string of the molecule is N#Cc1c[nH]c2cc(-c3noc(=O)[nH]3)ccc12. The molecule has 0 unspecified atom stereocenters. The Morgan fingerprint density at radius 1 is 1.41 bits per heavy atom. The van der Waals surface area contributed by atoms with Crippen molar-refractivity contribution in [2.75, 3.05) is 0 Å². The van der Waals surface area contributed by atoms with Crippen molar-refractivity contribution in [3.63, 3.8) is 0 Å². The second-order valence-corrected chi connectivity index (χ2v) is 3.52. The van der Waals surface area contributed by atoms with Crippen molar-refractivity contribution in [1.29, 1.82) is 5.26 Å². The van der Waals surface area contributed by atoms with Gasteiger partial charge in [-0.3, -0.25) is 9.51 Å². The first-order valence-electron chi connectivity index (χ1n) is 4.85. The van der Waals surface area contributed by atoms with Crippen molar-refractivity contribution >= 4 is 10.9 Å². The third-order valence-electron chi connectivity index (χ3n) is 2.52. The number of aromatic amines is 2. The van der Waals surface area contributed by atoms with Gasteiger partial charge in [-0.05, 0) is 6.07 Å². The second kappa shape index (κ2) is 3.35. The molecule has 2 heterocycles. The van der Waals surface area contributed by atoms with Gasteiger partial charge in [0.2, 0.25) is 0 Å². The first-order chi connectivity index (χ1) is 8.28. The minimum absolute atomic E-state index is 0.366. The van der Waals surface area contributed by atoms with Gasteiger partial charge in [0.05, 0.1) is 5.56 Å². The molecule has 0 fully saturated rings. The van der Waals surface area contributed by atoms with E-state index in [1.165, 1.54) is 0 Å². The number of nitriles is 1. The number of benzene rings is 1. The van der Waals surface area contributed by atoms with E-state index in [1.54, 1.807) is 24.4 Å². The van der Waals surface area contributed by atoms with Crippen LogP contribution in [-0.2, 0) is 0 Å². The fraction of sp³-hybridized carbons (Fsp3) is 0. The van der Waals surface area contributed by atoms with Crippen LogP contribution in [0.1, 0.15) is 5.56 Å². The highest BCUT2D eigenvalue weighted by molar-refractivity contribution is 5.88. The first-order valence-corrected chi connectivity index (χ1v) is 4.85. The lowest BCUT2D eigenvalue weighted by Crippen LogP contribution is -1.94. The quantitative estimate of drug-likeness (QED) is 0.654. The van der Waals surface area contributed by atoms with Crippen molar-refractivity contribution in [3.8, 4) is 17.5 Å². The molecule has 0 radical (unpaired) electrons. The molecule has 2 N–H and O–H groups in total. The van der Waals surface area contributed by atoms with E-state index in [9.17, 15) is 4.79 Å². The predicted octanol–water partition coefficient (Wildman–Crippen LogP) is 1.38. The molecule has 1 aromatic carbocycles. The van der Waals surface area contributed by atoms with Crippen molar-refractivity contribution in [2.24, 2.45) is 0 Å². The van der Waals surface area contributed by atoms with Gasteiger partial charge < -0.3 is 4.98 Å². The van der Waals surface area contributed by atoms with Crippen LogP contribution in [0.15, 0.2) is 33.7 Å². The molecular weight excluding hydrogens is 220 g/mol. The van der Waals surface area contributed by atoms with Gasteiger partial charge >= 0.3 is 5.76 Å². The van der Waals surface area contributed by atoms with Gasteiger partial charge in [-0.15, -0.1) is 0 Å². The van der Waals surface area contributed by atoms with Crippen LogP contribution < -0.4 is 5.76 Å². The van der Waals surface area contributed by atoms with E-state index < -0.39 is 5.76 Å². The number of nitrogens with one attached hydrogen (secondary N) is 2. The Morgan fingerprint density at radius 3 is 3.00 bits per heavy atom. The summed E-state index contributed by atoms with van der Waals surface area (Å²) in [6, 6.07) is 7.45. The molecule has 0 amide bonds. The van der Waals surface area contributed by atoms with Crippen LogP contribution in [0.2, 0.25) is 0 Å². The van der Waals surface area contributed by atoms with Gasteiger partial charge in [-0.2, -0.15) is 5.26 Å². The van der Waals surface area contributed by atoms with Crippen LogP contribution in [0.4, 0.5) is 0 Å². The highest BCUT2D eigenvalue weighted by Crippen LogP contribution is 2.22. The lowest BCUT2D eigenvalue weighted by Gasteiger charge is -1.95. The van der Waals surface area contributed by atoms with Crippen molar-refractivity contribution in [3.05, 3.63) is 40.5 Å². The Labute approximate surface area is 94.5 Å². The van der Waals surface area contributed by atoms with Crippen molar-refractivity contribution < 1.29 is 4.52 Å². The maximum Gasteiger partial charge on any atom is 0.439 e. The number of hydrogen-bond donors (Lipinski definition) is 2. The van der Waals surface area contributed by atoms with Crippen LogP contribution in [-0.4, -0.2) is 15.1 Å². The monoisotopic (exact) mass is 226 g/mol. The maximum atomic E-state index is 10.8. The molecule has 0 spiro atoms. The summed E-state index contributed by atoms with van der Waals surface area (Å²) >= 11 is 0. The lowest BCUT2D eigenvalue weighted by atomic mass is 10.1. The zero-order valence-electron chi connectivity index (χ0n) is 8.52. The topological polar surface area (TPSA) is 98.5 Å². The van der Waals surface area contributed by atoms with E-state index >= 15 is 0 Å². The molecule has 3 rings (SSSR count). The smallest absolute Gasteiger partial charge is 0.360 e. The van der Waals surface area contributed by atoms with E-state index in [0.717, 1.165) is 16.5 Å². The molecule has 0 aliphatic heterocycles. The summed E-state index contributed by atoms with van der Waals surface area (Å²) in [6.45, 7) is 0. The van der Waals surface area contributed by atoms with Gasteiger partial charge in [0.25, 0.3) is 0 Å². The zero-order valence-corrected chi connectivity index (χ0v) is 8.52. The summed E-state index contributed by atoms with van der Waals surface area (Å²) in [6.07, 6.45) is 1.64. The molecule has 0 atom stereocenters. The summed E-state index contributed by atoms with van der Waals surface area (Å²) in [5, 5.41) is 13.3. The molecule has 0 aliphatic rings. The summed E-state index contributed by atoms with van der Waals surface area (Å²) in [5.41, 5.74) is 2.11. The van der Waals surface area contributed by atoms with E-state index in [4.69, 9.17) is 5.26 Å². The molecule has 0 bridgehead atoms. The largest absolute Gasteiger partial charge is 0.439 e. The average Bonchev–Trinajstić information content (AvgIpc) is 2.94. The molecule has 3 aromatic rings. The average molecular weight is 226 g/mol. The molecule has 0 saturated heterocycles. The minimum atomic E-state index is -0.593. The summed E-state index contributed by atoms with van der Waals surface area (Å²) < 4.78 is 4.43. The number of H-pyrrole nitrogens is 2. The highest BCUT2D eigenvalue weighted by Gasteiger charge is 2.07. The molecule has 17 heavy (non-hydrogen) atoms. The van der Waals surface area contributed by atoms with E-state index in [2.05, 4.69) is 25.7 Å². The van der Waals surface area contributed by atoms with Gasteiger partial charge in [0.1, 0.15) is 6.07 Å². The van der Waals surface area contributed by atoms with Crippen LogP contribution >= 0.6 is 0 Å². The Bertz CT molecular complexity index is 788. The van der Waals surface area contributed by atoms with E-state index in [1.807, 2.05) is 0 Å². The van der Waals surface area contributed by atoms with Crippen molar-refractivity contribution in [1.82, 2.24) is 15.1 Å². The lowest BCUT2D eigenvalue weighted by molar-refractivity contribution is 0.388. The van der Waals surface area contributed by atoms with Gasteiger partial charge in [-0.25, -0.2) is 4.79 Å². The zero-order chi connectivity index (χ0) is 11.8. The summed E-state index contributed by atoms with van der Waals surface area (Å²) in [7, 11) is 0. The molecule has 0 aliphatic carbocycles. The fourth-order valence-corrected chi connectivity index (χ4v) is 1.72. The van der Waals surface area contributed by atoms with Crippen LogP contribution in [0.5, 0.6) is 0 Å². The van der Waals surface area contributed by atoms with Gasteiger partial charge in [-0.1, -0.05) is 17.3 Å². The fourth-order valence-electron chi connectivity index (χ4n) is 1.72. The standard InChI is InChI=1S/C11H6N4O2/c12-4-7-5-13-9-3-6(1-2-8(7)9)10-14-11(16)17-15-10/h1-3,5,13H,(H,14,15,16). The Hall–Kier alpha value is -2.81. The molecule has 0 saturated carbocycles. The molecule has 2 aromatic heterocycles. The van der Waals surface area contributed by atoms with Crippen LogP contribution in [0.3, 0.4) is 0 Å². The summed E-state index contributed by atoms with van der Waals surface area (Å²) in [4.78, 5) is 16.3. The Balaban J connectivity index is 2.21. The molecule has 6 heteroatoms. The van der Waals surface area contributed by atoms with E-state index in [0.29, 0.717) is 11.4 Å². The normalized spacial score (nSPS) is 10.5. The van der Waals surface area contributed by atoms with Gasteiger partial charge in [0.15, 0.2) is 5.82 Å². The van der Waals surface area contributed by atoms with Gasteiger partial charge in [0, 0.05) is 22.7 Å². The third-order valence-corrected chi connectivity index (χ3v) is 2.52. The Morgan fingerprint density at radius 2 is 2.29 bits per heavy atom. The predicted molar refractivity (Wildman–Crippen MR) is 59.1 cm³/mol. The number of rotatable bonds is 1. The molecule has 82 valence electrons.